The summed E-state index contributed by atoms with van der Waals surface area (Å²) in [6.07, 6.45) is 7.86. The molecule has 0 radical (unpaired) electrons. The highest BCUT2D eigenvalue weighted by atomic mass is 16.4. The van der Waals surface area contributed by atoms with Crippen LogP contribution in [0.2, 0.25) is 0 Å². The number of hydrogen-bond acceptors (Lipinski definition) is 3. The second kappa shape index (κ2) is 10.1. The summed E-state index contributed by atoms with van der Waals surface area (Å²) in [5.74, 6) is -1.96. The van der Waals surface area contributed by atoms with Gasteiger partial charge in [0.15, 0.2) is 0 Å². The van der Waals surface area contributed by atoms with Gasteiger partial charge in [-0.3, -0.25) is 9.59 Å². The Hall–Kier alpha value is -2.11. The van der Waals surface area contributed by atoms with Crippen LogP contribution < -0.4 is 5.32 Å². The summed E-state index contributed by atoms with van der Waals surface area (Å²) < 4.78 is 0. The van der Waals surface area contributed by atoms with Gasteiger partial charge in [0.05, 0.1) is 0 Å². The van der Waals surface area contributed by atoms with Gasteiger partial charge in [-0.15, -0.1) is 19.7 Å². The van der Waals surface area contributed by atoms with Gasteiger partial charge in [-0.25, -0.2) is 4.79 Å². The molecule has 6 heteroatoms. The molecule has 0 heterocycles. The quantitative estimate of drug-likeness (QED) is 0.486. The molecule has 2 aliphatic rings. The van der Waals surface area contributed by atoms with E-state index in [4.69, 9.17) is 0 Å². The van der Waals surface area contributed by atoms with Crippen molar-refractivity contribution in [2.24, 2.45) is 11.8 Å². The SMILES string of the molecule is C=C.C=CCCCCN(C)C(=O)[C@@H]1CCCC1C(=O)NC1(C(=O)O)CC1. The molecular formula is C20H32N2O4. The van der Waals surface area contributed by atoms with Crippen molar-refractivity contribution in [1.29, 1.82) is 0 Å². The van der Waals surface area contributed by atoms with Crippen LogP contribution >= 0.6 is 0 Å². The van der Waals surface area contributed by atoms with Crippen molar-refractivity contribution in [2.75, 3.05) is 13.6 Å². The molecule has 2 rings (SSSR count). The van der Waals surface area contributed by atoms with Gasteiger partial charge in [0.1, 0.15) is 5.54 Å². The Labute approximate surface area is 156 Å². The Morgan fingerprint density at radius 1 is 1.19 bits per heavy atom. The third kappa shape index (κ3) is 5.44. The molecule has 2 saturated carbocycles. The van der Waals surface area contributed by atoms with E-state index >= 15 is 0 Å². The van der Waals surface area contributed by atoms with Crippen LogP contribution in [-0.4, -0.2) is 46.9 Å². The van der Waals surface area contributed by atoms with Gasteiger partial charge in [-0.1, -0.05) is 12.5 Å². The maximum Gasteiger partial charge on any atom is 0.329 e. The highest BCUT2D eigenvalue weighted by molar-refractivity contribution is 5.93. The number of nitrogens with one attached hydrogen (secondary N) is 1. The highest BCUT2D eigenvalue weighted by Gasteiger charge is 2.53. The van der Waals surface area contributed by atoms with E-state index in [9.17, 15) is 19.5 Å². The van der Waals surface area contributed by atoms with Gasteiger partial charge in [0, 0.05) is 25.4 Å². The zero-order valence-corrected chi connectivity index (χ0v) is 15.8. The lowest BCUT2D eigenvalue weighted by molar-refractivity contribution is -0.145. The predicted octanol–water partition coefficient (Wildman–Crippen LogP) is 2.75. The van der Waals surface area contributed by atoms with Crippen molar-refractivity contribution in [1.82, 2.24) is 10.2 Å². The number of carbonyl (C=O) groups excluding carboxylic acids is 2. The standard InChI is InChI=1S/C18H28N2O4.C2H4/c1-3-4-5-6-12-20(2)16(22)14-9-7-8-13(14)15(21)19-18(10-11-18)17(23)24;1-2/h3,13-14H,1,4-12H2,2H3,(H,19,21)(H,23,24);1-2H2/t13?,14-;/m1./s1. The Bertz CT molecular complexity index is 528. The highest BCUT2D eigenvalue weighted by Crippen LogP contribution is 2.38. The Balaban J connectivity index is 0.00000163. The average Bonchev–Trinajstić information content (AvgIpc) is 3.25. The molecule has 6 nitrogen and oxygen atoms in total. The maximum absolute atomic E-state index is 12.6. The van der Waals surface area contributed by atoms with Crippen LogP contribution in [0.25, 0.3) is 0 Å². The zero-order valence-electron chi connectivity index (χ0n) is 15.8. The molecule has 146 valence electrons. The second-order valence-corrected chi connectivity index (χ2v) is 7.06. The first kappa shape index (κ1) is 21.9. The minimum atomic E-state index is -1.08. The van der Waals surface area contributed by atoms with Crippen LogP contribution in [0.1, 0.15) is 51.4 Å². The molecule has 0 aromatic carbocycles. The number of allylic oxidation sites excluding steroid dienone is 1. The third-order valence-electron chi connectivity index (χ3n) is 5.22. The van der Waals surface area contributed by atoms with Crippen LogP contribution in [0.15, 0.2) is 25.8 Å². The van der Waals surface area contributed by atoms with Crippen LogP contribution in [0.5, 0.6) is 0 Å². The number of carbonyl (C=O) groups is 3. The summed E-state index contributed by atoms with van der Waals surface area (Å²) in [7, 11) is 1.78. The Morgan fingerprint density at radius 2 is 1.81 bits per heavy atom. The first-order valence-electron chi connectivity index (χ1n) is 9.32. The zero-order chi connectivity index (χ0) is 19.7. The normalized spacial score (nSPS) is 22.5. The number of carboxylic acids is 1. The van der Waals surface area contributed by atoms with Crippen molar-refractivity contribution >= 4 is 17.8 Å². The maximum atomic E-state index is 12.6. The van der Waals surface area contributed by atoms with E-state index in [1.165, 1.54) is 0 Å². The minimum absolute atomic E-state index is 0.00595. The first-order valence-corrected chi connectivity index (χ1v) is 9.32. The third-order valence-corrected chi connectivity index (χ3v) is 5.22. The summed E-state index contributed by atoms with van der Waals surface area (Å²) >= 11 is 0. The average molecular weight is 364 g/mol. The topological polar surface area (TPSA) is 86.7 Å². The van der Waals surface area contributed by atoms with Gasteiger partial charge in [0.25, 0.3) is 0 Å². The fourth-order valence-electron chi connectivity index (χ4n) is 3.45. The molecule has 2 fully saturated rings. The van der Waals surface area contributed by atoms with E-state index in [2.05, 4.69) is 25.1 Å². The van der Waals surface area contributed by atoms with Crippen molar-refractivity contribution in [3.8, 4) is 0 Å². The smallest absolute Gasteiger partial charge is 0.329 e. The molecule has 0 aromatic rings. The van der Waals surface area contributed by atoms with Crippen LogP contribution in [0, 0.1) is 11.8 Å². The summed E-state index contributed by atoms with van der Waals surface area (Å²) in [6, 6.07) is 0. The molecule has 0 aliphatic heterocycles. The van der Waals surface area contributed by atoms with Gasteiger partial charge in [-0.05, 0) is 44.9 Å². The molecular weight excluding hydrogens is 332 g/mol. The van der Waals surface area contributed by atoms with E-state index in [1.54, 1.807) is 11.9 Å². The lowest BCUT2D eigenvalue weighted by Gasteiger charge is -2.25. The molecule has 2 aliphatic carbocycles. The van der Waals surface area contributed by atoms with Crippen molar-refractivity contribution in [3.63, 3.8) is 0 Å². The summed E-state index contributed by atoms with van der Waals surface area (Å²) in [4.78, 5) is 38.1. The lowest BCUT2D eigenvalue weighted by Crippen LogP contribution is -2.48. The largest absolute Gasteiger partial charge is 0.480 e. The number of aliphatic carboxylic acids is 1. The van der Waals surface area contributed by atoms with E-state index in [1.807, 2.05) is 6.08 Å². The van der Waals surface area contributed by atoms with Crippen molar-refractivity contribution < 1.29 is 19.5 Å². The summed E-state index contributed by atoms with van der Waals surface area (Å²) in [6.45, 7) is 10.4. The molecule has 2 amide bonds. The Morgan fingerprint density at radius 3 is 2.35 bits per heavy atom. The van der Waals surface area contributed by atoms with E-state index in [0.717, 1.165) is 25.7 Å². The monoisotopic (exact) mass is 364 g/mol. The second-order valence-electron chi connectivity index (χ2n) is 7.06. The molecule has 26 heavy (non-hydrogen) atoms. The Kier molecular flexibility index (Phi) is 8.55. The molecule has 1 unspecified atom stereocenters. The lowest BCUT2D eigenvalue weighted by atomic mass is 9.93. The van der Waals surface area contributed by atoms with Gasteiger partial charge >= 0.3 is 5.97 Å². The fraction of sp³-hybridized carbons (Fsp3) is 0.650. The first-order chi connectivity index (χ1) is 12.4. The molecule has 2 N–H and O–H groups in total. The minimum Gasteiger partial charge on any atom is -0.480 e. The molecule has 0 saturated heterocycles. The van der Waals surface area contributed by atoms with E-state index < -0.39 is 17.4 Å². The van der Waals surface area contributed by atoms with Crippen LogP contribution in [-0.2, 0) is 14.4 Å². The molecule has 0 aromatic heterocycles. The van der Waals surface area contributed by atoms with Gasteiger partial charge < -0.3 is 15.3 Å². The van der Waals surface area contributed by atoms with E-state index in [-0.39, 0.29) is 17.7 Å². The number of carboxylic acid groups (broad SMARTS) is 1. The predicted molar refractivity (Wildman–Crippen MR) is 102 cm³/mol. The van der Waals surface area contributed by atoms with E-state index in [0.29, 0.717) is 32.2 Å². The fourth-order valence-corrected chi connectivity index (χ4v) is 3.45. The number of rotatable bonds is 9. The van der Waals surface area contributed by atoms with Crippen LogP contribution in [0.3, 0.4) is 0 Å². The molecule has 2 atom stereocenters. The number of amides is 2. The summed E-state index contributed by atoms with van der Waals surface area (Å²) in [5.41, 5.74) is -1.08. The molecule has 0 bridgehead atoms. The van der Waals surface area contributed by atoms with Gasteiger partial charge in [0.2, 0.25) is 11.8 Å². The van der Waals surface area contributed by atoms with Crippen LogP contribution in [0.4, 0.5) is 0 Å². The number of unbranched alkanes of at least 4 members (excludes halogenated alkanes) is 2. The van der Waals surface area contributed by atoms with Crippen molar-refractivity contribution in [3.05, 3.63) is 25.8 Å². The summed E-state index contributed by atoms with van der Waals surface area (Å²) in [5, 5.41) is 11.9. The van der Waals surface area contributed by atoms with Crippen molar-refractivity contribution in [2.45, 2.75) is 56.9 Å². The molecule has 0 spiro atoms. The number of nitrogens with zero attached hydrogens (tertiary/aromatic N) is 1. The number of hydrogen-bond donors (Lipinski definition) is 2. The van der Waals surface area contributed by atoms with Gasteiger partial charge in [-0.2, -0.15) is 0 Å².